The van der Waals surface area contributed by atoms with Gasteiger partial charge in [0.2, 0.25) is 0 Å². The minimum Gasteiger partial charge on any atom is -0.398 e. The fourth-order valence-electron chi connectivity index (χ4n) is 3.63. The molecule has 0 saturated heterocycles. The zero-order chi connectivity index (χ0) is 14.2. The Kier molecular flexibility index (Phi) is 3.40. The molecule has 2 aliphatic heterocycles. The monoisotopic (exact) mass is 296 g/mol. The van der Waals surface area contributed by atoms with Crippen LogP contribution in [-0.2, 0) is 13.0 Å². The van der Waals surface area contributed by atoms with Gasteiger partial charge in [0, 0.05) is 29.7 Å². The molecule has 108 valence electrons. The quantitative estimate of drug-likeness (QED) is 0.810. The summed E-state index contributed by atoms with van der Waals surface area (Å²) in [6, 6.07) is 15.8. The SMILES string of the molecule is Nc1cccc2c1CCN(C1CCSc3ccccc31)C2. The van der Waals surface area contributed by atoms with Gasteiger partial charge in [-0.05, 0) is 47.4 Å². The third-order valence-corrected chi connectivity index (χ3v) is 5.82. The number of fused-ring (bicyclic) bond motifs is 2. The number of thioether (sulfide) groups is 1. The highest BCUT2D eigenvalue weighted by Gasteiger charge is 2.29. The van der Waals surface area contributed by atoms with Crippen molar-refractivity contribution < 1.29 is 0 Å². The van der Waals surface area contributed by atoms with Crippen LogP contribution in [-0.4, -0.2) is 17.2 Å². The molecule has 2 heterocycles. The zero-order valence-corrected chi connectivity index (χ0v) is 12.9. The van der Waals surface area contributed by atoms with Crippen molar-refractivity contribution in [1.82, 2.24) is 4.90 Å². The van der Waals surface area contributed by atoms with Gasteiger partial charge in [-0.3, -0.25) is 4.90 Å². The zero-order valence-electron chi connectivity index (χ0n) is 12.1. The van der Waals surface area contributed by atoms with Crippen LogP contribution >= 0.6 is 11.8 Å². The molecule has 2 nitrogen and oxygen atoms in total. The van der Waals surface area contributed by atoms with Gasteiger partial charge < -0.3 is 5.73 Å². The Bertz CT molecular complexity index is 668. The van der Waals surface area contributed by atoms with Gasteiger partial charge >= 0.3 is 0 Å². The molecular weight excluding hydrogens is 276 g/mol. The molecule has 3 heteroatoms. The van der Waals surface area contributed by atoms with Crippen molar-refractivity contribution in [3.05, 3.63) is 59.2 Å². The molecule has 0 aliphatic carbocycles. The summed E-state index contributed by atoms with van der Waals surface area (Å²) >= 11 is 2.00. The van der Waals surface area contributed by atoms with E-state index < -0.39 is 0 Å². The number of nitrogen functional groups attached to an aromatic ring is 1. The fourth-order valence-corrected chi connectivity index (χ4v) is 4.74. The van der Waals surface area contributed by atoms with Crippen LogP contribution in [0.1, 0.15) is 29.2 Å². The molecule has 2 aromatic carbocycles. The smallest absolute Gasteiger partial charge is 0.0370 e. The molecule has 21 heavy (non-hydrogen) atoms. The Morgan fingerprint density at radius 2 is 2.00 bits per heavy atom. The van der Waals surface area contributed by atoms with E-state index in [4.69, 9.17) is 5.73 Å². The first kappa shape index (κ1) is 13.2. The van der Waals surface area contributed by atoms with Crippen LogP contribution in [0.15, 0.2) is 47.4 Å². The molecule has 0 bridgehead atoms. The molecular formula is C18H20N2S. The second-order valence-corrected chi connectivity index (χ2v) is 7.03. The Hall–Kier alpha value is -1.45. The van der Waals surface area contributed by atoms with Gasteiger partial charge in [-0.25, -0.2) is 0 Å². The average molecular weight is 296 g/mol. The predicted molar refractivity (Wildman–Crippen MR) is 89.5 cm³/mol. The Balaban J connectivity index is 1.65. The van der Waals surface area contributed by atoms with E-state index >= 15 is 0 Å². The van der Waals surface area contributed by atoms with Crippen molar-refractivity contribution in [3.63, 3.8) is 0 Å². The minimum atomic E-state index is 0.567. The molecule has 4 rings (SSSR count). The lowest BCUT2D eigenvalue weighted by Crippen LogP contribution is -2.35. The molecule has 2 aromatic rings. The highest BCUT2D eigenvalue weighted by molar-refractivity contribution is 7.99. The third kappa shape index (κ3) is 2.34. The number of nitrogens with zero attached hydrogens (tertiary/aromatic N) is 1. The first-order valence-corrected chi connectivity index (χ1v) is 8.63. The first-order valence-electron chi connectivity index (χ1n) is 7.65. The lowest BCUT2D eigenvalue weighted by atomic mass is 9.94. The van der Waals surface area contributed by atoms with Crippen molar-refractivity contribution >= 4 is 17.4 Å². The molecule has 2 aliphatic rings. The highest BCUT2D eigenvalue weighted by atomic mass is 32.2. The molecule has 0 amide bonds. The Labute approximate surface area is 130 Å². The van der Waals surface area contributed by atoms with E-state index in [1.165, 1.54) is 33.8 Å². The van der Waals surface area contributed by atoms with Crippen LogP contribution in [0, 0.1) is 0 Å². The van der Waals surface area contributed by atoms with E-state index in [-0.39, 0.29) is 0 Å². The normalized spacial score (nSPS) is 21.6. The second kappa shape index (κ2) is 5.39. The minimum absolute atomic E-state index is 0.567. The number of hydrogen-bond acceptors (Lipinski definition) is 3. The van der Waals surface area contributed by atoms with Crippen LogP contribution in [0.2, 0.25) is 0 Å². The van der Waals surface area contributed by atoms with E-state index in [9.17, 15) is 0 Å². The van der Waals surface area contributed by atoms with Gasteiger partial charge in [-0.15, -0.1) is 11.8 Å². The van der Waals surface area contributed by atoms with Crippen LogP contribution in [0.3, 0.4) is 0 Å². The van der Waals surface area contributed by atoms with Crippen molar-refractivity contribution in [1.29, 1.82) is 0 Å². The van der Waals surface area contributed by atoms with E-state index in [0.717, 1.165) is 25.2 Å². The van der Waals surface area contributed by atoms with Crippen LogP contribution in [0.4, 0.5) is 5.69 Å². The summed E-state index contributed by atoms with van der Waals surface area (Å²) in [5.41, 5.74) is 11.4. The van der Waals surface area contributed by atoms with Crippen molar-refractivity contribution in [2.45, 2.75) is 30.3 Å². The molecule has 0 spiro atoms. The average Bonchev–Trinajstić information content (AvgIpc) is 2.54. The molecule has 0 aromatic heterocycles. The Morgan fingerprint density at radius 3 is 2.95 bits per heavy atom. The highest BCUT2D eigenvalue weighted by Crippen LogP contribution is 2.41. The Morgan fingerprint density at radius 1 is 1.10 bits per heavy atom. The van der Waals surface area contributed by atoms with Gasteiger partial charge in [0.25, 0.3) is 0 Å². The van der Waals surface area contributed by atoms with Gasteiger partial charge in [0.1, 0.15) is 0 Å². The molecule has 0 fully saturated rings. The fraction of sp³-hybridized carbons (Fsp3) is 0.333. The summed E-state index contributed by atoms with van der Waals surface area (Å²) in [5.74, 6) is 1.22. The van der Waals surface area contributed by atoms with Crippen molar-refractivity contribution in [2.24, 2.45) is 0 Å². The maximum Gasteiger partial charge on any atom is 0.0370 e. The topological polar surface area (TPSA) is 29.3 Å². The second-order valence-electron chi connectivity index (χ2n) is 5.90. The molecule has 1 unspecified atom stereocenters. The summed E-state index contributed by atoms with van der Waals surface area (Å²) in [6.07, 6.45) is 2.33. The largest absolute Gasteiger partial charge is 0.398 e. The summed E-state index contributed by atoms with van der Waals surface area (Å²) in [4.78, 5) is 4.10. The number of rotatable bonds is 1. The van der Waals surface area contributed by atoms with Crippen LogP contribution in [0.25, 0.3) is 0 Å². The molecule has 1 atom stereocenters. The van der Waals surface area contributed by atoms with Crippen LogP contribution in [0.5, 0.6) is 0 Å². The maximum absolute atomic E-state index is 6.12. The lowest BCUT2D eigenvalue weighted by molar-refractivity contribution is 0.172. The number of hydrogen-bond donors (Lipinski definition) is 1. The molecule has 2 N–H and O–H groups in total. The van der Waals surface area contributed by atoms with Gasteiger partial charge in [0.15, 0.2) is 0 Å². The lowest BCUT2D eigenvalue weighted by Gasteiger charge is -2.38. The number of anilines is 1. The molecule has 0 saturated carbocycles. The van der Waals surface area contributed by atoms with E-state index in [2.05, 4.69) is 41.3 Å². The summed E-state index contributed by atoms with van der Waals surface area (Å²) in [6.45, 7) is 2.15. The van der Waals surface area contributed by atoms with E-state index in [1.807, 2.05) is 17.8 Å². The summed E-state index contributed by atoms with van der Waals surface area (Å²) in [7, 11) is 0. The van der Waals surface area contributed by atoms with Crippen molar-refractivity contribution in [2.75, 3.05) is 18.0 Å². The van der Waals surface area contributed by atoms with E-state index in [0.29, 0.717) is 6.04 Å². The standard InChI is InChI=1S/C18H20N2S/c19-16-6-3-4-13-12-20(10-8-14(13)16)17-9-11-21-18-7-2-1-5-15(17)18/h1-7,17H,8-12,19H2. The summed E-state index contributed by atoms with van der Waals surface area (Å²) in [5, 5.41) is 0. The van der Waals surface area contributed by atoms with Crippen molar-refractivity contribution in [3.8, 4) is 0 Å². The molecule has 0 radical (unpaired) electrons. The third-order valence-electron chi connectivity index (χ3n) is 4.70. The van der Waals surface area contributed by atoms with E-state index in [1.54, 1.807) is 0 Å². The number of benzene rings is 2. The van der Waals surface area contributed by atoms with Gasteiger partial charge in [0.05, 0.1) is 0 Å². The number of nitrogens with two attached hydrogens (primary N) is 1. The maximum atomic E-state index is 6.12. The van der Waals surface area contributed by atoms with Gasteiger partial charge in [-0.1, -0.05) is 30.3 Å². The summed E-state index contributed by atoms with van der Waals surface area (Å²) < 4.78 is 0. The van der Waals surface area contributed by atoms with Gasteiger partial charge in [-0.2, -0.15) is 0 Å². The predicted octanol–water partition coefficient (Wildman–Crippen LogP) is 3.86. The first-order chi connectivity index (χ1) is 10.3. The van der Waals surface area contributed by atoms with Crippen LogP contribution < -0.4 is 5.73 Å².